The number of halogens is 3. The summed E-state index contributed by atoms with van der Waals surface area (Å²) in [6.45, 7) is 5.02. The van der Waals surface area contributed by atoms with E-state index in [1.165, 1.54) is 5.56 Å². The molecular weight excluding hydrogens is 425 g/mol. The average molecular weight is 442 g/mol. The van der Waals surface area contributed by atoms with Crippen LogP contribution in [0, 0.1) is 6.92 Å². The van der Waals surface area contributed by atoms with Crippen LogP contribution in [0.2, 0.25) is 5.15 Å². The molecule has 0 aromatic carbocycles. The summed E-state index contributed by atoms with van der Waals surface area (Å²) in [7, 11) is 1.87. The highest BCUT2D eigenvalue weighted by atomic mass is 79.9. The summed E-state index contributed by atoms with van der Waals surface area (Å²) in [5.41, 5.74) is 3.35. The van der Waals surface area contributed by atoms with E-state index in [-0.39, 0.29) is 6.04 Å². The van der Waals surface area contributed by atoms with E-state index < -0.39 is 0 Å². The molecule has 1 atom stereocenters. The third-order valence-corrected chi connectivity index (χ3v) is 6.05. The van der Waals surface area contributed by atoms with E-state index in [0.717, 1.165) is 36.9 Å². The first-order chi connectivity index (χ1) is 9.43. The summed E-state index contributed by atoms with van der Waals surface area (Å²) in [6.07, 6.45) is 0.828. The van der Waals surface area contributed by atoms with Crippen molar-refractivity contribution in [2.45, 2.75) is 26.3 Å². The van der Waals surface area contributed by atoms with Gasteiger partial charge in [-0.25, -0.2) is 0 Å². The lowest BCUT2D eigenvalue weighted by atomic mass is 10.0. The molecule has 7 heteroatoms. The second-order valence-electron chi connectivity index (χ2n) is 4.57. The highest BCUT2D eigenvalue weighted by Gasteiger charge is 2.21. The normalized spacial score (nSPS) is 12.9. The summed E-state index contributed by atoms with van der Waals surface area (Å²) >= 11 is 15.2. The van der Waals surface area contributed by atoms with Gasteiger partial charge in [-0.1, -0.05) is 18.5 Å². The van der Waals surface area contributed by atoms with Gasteiger partial charge in [0.1, 0.15) is 5.15 Å². The largest absolute Gasteiger partial charge is 0.310 e. The van der Waals surface area contributed by atoms with E-state index in [4.69, 9.17) is 11.6 Å². The first-order valence-corrected chi connectivity index (χ1v) is 9.08. The smallest absolute Gasteiger partial charge is 0.130 e. The third kappa shape index (κ3) is 3.47. The molecule has 2 rings (SSSR count). The summed E-state index contributed by atoms with van der Waals surface area (Å²) in [5, 5.41) is 8.63. The van der Waals surface area contributed by atoms with Crippen LogP contribution in [-0.4, -0.2) is 16.3 Å². The molecule has 0 bridgehead atoms. The van der Waals surface area contributed by atoms with Gasteiger partial charge in [0.15, 0.2) is 0 Å². The summed E-state index contributed by atoms with van der Waals surface area (Å²) in [5.74, 6) is 0. The molecule has 2 aromatic heterocycles. The highest BCUT2D eigenvalue weighted by Crippen LogP contribution is 2.37. The van der Waals surface area contributed by atoms with Crippen LogP contribution >= 0.6 is 54.8 Å². The minimum atomic E-state index is 0.220. The predicted molar refractivity (Wildman–Crippen MR) is 92.8 cm³/mol. The fourth-order valence-corrected chi connectivity index (χ4v) is 5.46. The first-order valence-electron chi connectivity index (χ1n) is 6.30. The van der Waals surface area contributed by atoms with Gasteiger partial charge in [0.25, 0.3) is 0 Å². The maximum Gasteiger partial charge on any atom is 0.130 e. The number of likely N-dealkylation sites (N-methyl/N-ethyl adjacent to an activating group) is 1. The molecule has 0 amide bonds. The van der Waals surface area contributed by atoms with E-state index >= 15 is 0 Å². The Labute approximate surface area is 145 Å². The molecule has 0 fully saturated rings. The van der Waals surface area contributed by atoms with Crippen LogP contribution in [0.15, 0.2) is 13.6 Å². The van der Waals surface area contributed by atoms with Crippen molar-refractivity contribution in [3.8, 4) is 0 Å². The molecular formula is C13H16Br2ClN3S. The van der Waals surface area contributed by atoms with Gasteiger partial charge in [0.2, 0.25) is 0 Å². The summed E-state index contributed by atoms with van der Waals surface area (Å²) < 4.78 is 4.00. The Kier molecular flexibility index (Phi) is 5.71. The van der Waals surface area contributed by atoms with Crippen molar-refractivity contribution in [3.63, 3.8) is 0 Å². The van der Waals surface area contributed by atoms with Gasteiger partial charge in [-0.2, -0.15) is 5.10 Å². The maximum absolute atomic E-state index is 6.35. The number of hydrogen-bond acceptors (Lipinski definition) is 3. The minimum Gasteiger partial charge on any atom is -0.310 e. The Morgan fingerprint density at radius 2 is 2.20 bits per heavy atom. The molecule has 110 valence electrons. The Balaban J connectivity index is 2.32. The van der Waals surface area contributed by atoms with Gasteiger partial charge in [0.05, 0.1) is 13.3 Å². The number of rotatable bonds is 5. The highest BCUT2D eigenvalue weighted by molar-refractivity contribution is 9.12. The standard InChI is InChI=1S/C13H16Br2ClN3S/c1-4-17-10(9-6-11(14)20-12(9)15)5-8-7(2)18-19(3)13(8)16/h6,10,17H,4-5H2,1-3H3. The zero-order chi connectivity index (χ0) is 14.9. The number of nitrogens with zero attached hydrogens (tertiary/aromatic N) is 2. The van der Waals surface area contributed by atoms with Crippen LogP contribution in [0.25, 0.3) is 0 Å². The van der Waals surface area contributed by atoms with Crippen molar-refractivity contribution in [1.82, 2.24) is 15.1 Å². The Morgan fingerprint density at radius 3 is 2.65 bits per heavy atom. The molecule has 1 N–H and O–H groups in total. The molecule has 0 aliphatic rings. The number of aromatic nitrogens is 2. The zero-order valence-corrected chi connectivity index (χ0v) is 16.2. The quantitative estimate of drug-likeness (QED) is 0.718. The Morgan fingerprint density at radius 1 is 1.50 bits per heavy atom. The van der Waals surface area contributed by atoms with Crippen LogP contribution in [0.4, 0.5) is 0 Å². The lowest BCUT2D eigenvalue weighted by Gasteiger charge is -2.17. The maximum atomic E-state index is 6.35. The van der Waals surface area contributed by atoms with Gasteiger partial charge < -0.3 is 5.32 Å². The van der Waals surface area contributed by atoms with E-state index in [1.54, 1.807) is 16.0 Å². The van der Waals surface area contributed by atoms with Crippen molar-refractivity contribution in [3.05, 3.63) is 35.6 Å². The van der Waals surface area contributed by atoms with Crippen LogP contribution in [0.5, 0.6) is 0 Å². The number of hydrogen-bond donors (Lipinski definition) is 1. The van der Waals surface area contributed by atoms with Gasteiger partial charge in [-0.3, -0.25) is 4.68 Å². The molecule has 0 aliphatic heterocycles. The molecule has 3 nitrogen and oxygen atoms in total. The van der Waals surface area contributed by atoms with E-state index in [2.05, 4.69) is 55.3 Å². The molecule has 1 unspecified atom stereocenters. The van der Waals surface area contributed by atoms with Crippen molar-refractivity contribution in [2.24, 2.45) is 7.05 Å². The molecule has 0 saturated heterocycles. The van der Waals surface area contributed by atoms with Crippen molar-refractivity contribution in [2.75, 3.05) is 6.54 Å². The number of aryl methyl sites for hydroxylation is 2. The number of nitrogens with one attached hydrogen (secondary N) is 1. The Bertz CT molecular complexity index is 609. The fraction of sp³-hybridized carbons (Fsp3) is 0.462. The molecule has 0 aliphatic carbocycles. The zero-order valence-electron chi connectivity index (χ0n) is 11.5. The molecule has 2 aromatic rings. The molecule has 20 heavy (non-hydrogen) atoms. The van der Waals surface area contributed by atoms with E-state index in [9.17, 15) is 0 Å². The Hall–Kier alpha value is 0.120. The minimum absolute atomic E-state index is 0.220. The van der Waals surface area contributed by atoms with Crippen LogP contribution in [-0.2, 0) is 13.5 Å². The van der Waals surface area contributed by atoms with Crippen molar-refractivity contribution in [1.29, 1.82) is 0 Å². The number of thiophene rings is 1. The third-order valence-electron chi connectivity index (χ3n) is 3.19. The fourth-order valence-electron chi connectivity index (χ4n) is 2.24. The van der Waals surface area contributed by atoms with Crippen LogP contribution < -0.4 is 5.32 Å². The average Bonchev–Trinajstić information content (AvgIpc) is 2.82. The van der Waals surface area contributed by atoms with Crippen LogP contribution in [0.1, 0.15) is 29.8 Å². The summed E-state index contributed by atoms with van der Waals surface area (Å²) in [6, 6.07) is 2.37. The second-order valence-corrected chi connectivity index (χ2v) is 8.68. The lowest BCUT2D eigenvalue weighted by Crippen LogP contribution is -2.23. The topological polar surface area (TPSA) is 29.9 Å². The second kappa shape index (κ2) is 6.92. The first kappa shape index (κ1) is 16.5. The van der Waals surface area contributed by atoms with Gasteiger partial charge in [-0.15, -0.1) is 11.3 Å². The van der Waals surface area contributed by atoms with Gasteiger partial charge in [0, 0.05) is 18.7 Å². The van der Waals surface area contributed by atoms with Gasteiger partial charge in [-0.05, 0) is 63.4 Å². The monoisotopic (exact) mass is 439 g/mol. The molecule has 0 spiro atoms. The molecule has 0 radical (unpaired) electrons. The molecule has 2 heterocycles. The van der Waals surface area contributed by atoms with Gasteiger partial charge >= 0.3 is 0 Å². The summed E-state index contributed by atoms with van der Waals surface area (Å²) in [4.78, 5) is 0. The van der Waals surface area contributed by atoms with Crippen LogP contribution in [0.3, 0.4) is 0 Å². The predicted octanol–water partition coefficient (Wildman–Crippen LogP) is 4.86. The molecule has 0 saturated carbocycles. The SMILES string of the molecule is CCNC(Cc1c(C)nn(C)c1Cl)c1cc(Br)sc1Br. The van der Waals surface area contributed by atoms with E-state index in [1.807, 2.05) is 14.0 Å². The van der Waals surface area contributed by atoms with Crippen molar-refractivity contribution >= 4 is 54.8 Å². The lowest BCUT2D eigenvalue weighted by molar-refractivity contribution is 0.548. The van der Waals surface area contributed by atoms with Crippen molar-refractivity contribution < 1.29 is 0 Å². The van der Waals surface area contributed by atoms with E-state index in [0.29, 0.717) is 0 Å².